The molecule has 1 rings (SSSR count). The highest BCUT2D eigenvalue weighted by Gasteiger charge is 2.22. The molecule has 0 saturated heterocycles. The van der Waals surface area contributed by atoms with Crippen molar-refractivity contribution >= 4 is 7.82 Å². The Morgan fingerprint density at radius 3 is 2.37 bits per heavy atom. The van der Waals surface area contributed by atoms with Gasteiger partial charge in [0.05, 0.1) is 6.61 Å². The first-order valence-corrected chi connectivity index (χ1v) is 8.35. The predicted molar refractivity (Wildman–Crippen MR) is 76.2 cm³/mol. The van der Waals surface area contributed by atoms with Crippen molar-refractivity contribution < 1.29 is 18.5 Å². The van der Waals surface area contributed by atoms with Gasteiger partial charge in [-0.25, -0.2) is 4.57 Å². The van der Waals surface area contributed by atoms with Gasteiger partial charge in [-0.15, -0.1) is 0 Å². The Morgan fingerprint density at radius 2 is 1.68 bits per heavy atom. The molecule has 0 aliphatic carbocycles. The number of benzene rings is 1. The number of rotatable bonds is 10. The summed E-state index contributed by atoms with van der Waals surface area (Å²) >= 11 is 0. The van der Waals surface area contributed by atoms with E-state index in [9.17, 15) is 9.46 Å². The van der Waals surface area contributed by atoms with E-state index in [0.29, 0.717) is 5.75 Å². The summed E-state index contributed by atoms with van der Waals surface area (Å²) in [6.45, 7) is 2.43. The van der Waals surface area contributed by atoms with E-state index in [1.54, 1.807) is 24.3 Å². The molecule has 0 radical (unpaired) electrons. The summed E-state index contributed by atoms with van der Waals surface area (Å²) in [6.07, 6.45) is 6.63. The molecule has 0 aliphatic rings. The summed E-state index contributed by atoms with van der Waals surface area (Å²) in [5.74, 6) is 0.344. The van der Waals surface area contributed by atoms with Crippen molar-refractivity contribution in [2.75, 3.05) is 6.61 Å². The summed E-state index contributed by atoms with van der Waals surface area (Å²) in [6, 6.07) is 8.53. The fourth-order valence-electron chi connectivity index (χ4n) is 1.70. The van der Waals surface area contributed by atoms with Crippen LogP contribution in [0, 0.1) is 0 Å². The topological polar surface area (TPSA) is 55.8 Å². The fourth-order valence-corrected chi connectivity index (χ4v) is 2.50. The molecule has 0 heterocycles. The van der Waals surface area contributed by atoms with E-state index >= 15 is 0 Å². The van der Waals surface area contributed by atoms with Crippen molar-refractivity contribution in [3.05, 3.63) is 30.3 Å². The molecule has 1 N–H and O–H groups in total. The molecule has 0 aromatic heterocycles. The number of hydrogen-bond acceptors (Lipinski definition) is 3. The van der Waals surface area contributed by atoms with Crippen molar-refractivity contribution in [1.29, 1.82) is 0 Å². The third kappa shape index (κ3) is 8.04. The van der Waals surface area contributed by atoms with Crippen LogP contribution >= 0.6 is 7.82 Å². The third-order valence-electron chi connectivity index (χ3n) is 2.72. The van der Waals surface area contributed by atoms with Crippen molar-refractivity contribution in [2.24, 2.45) is 0 Å². The van der Waals surface area contributed by atoms with E-state index in [4.69, 9.17) is 9.05 Å². The minimum atomic E-state index is -3.98. The lowest BCUT2D eigenvalue weighted by Gasteiger charge is -2.12. The normalized spacial score (nSPS) is 14.0. The predicted octanol–water partition coefficient (Wildman–Crippen LogP) is 4.54. The number of phosphoric acid groups is 1. The minimum absolute atomic E-state index is 0.257. The molecular weight excluding hydrogens is 263 g/mol. The van der Waals surface area contributed by atoms with Crippen LogP contribution in [0.3, 0.4) is 0 Å². The maximum Gasteiger partial charge on any atom is 0.527 e. The zero-order valence-electron chi connectivity index (χ0n) is 11.5. The Bertz CT molecular complexity index is 380. The molecule has 0 fully saturated rings. The van der Waals surface area contributed by atoms with Crippen molar-refractivity contribution in [2.45, 2.75) is 45.4 Å². The van der Waals surface area contributed by atoms with Gasteiger partial charge in [-0.3, -0.25) is 9.42 Å². The lowest BCUT2D eigenvalue weighted by Crippen LogP contribution is -1.99. The second kappa shape index (κ2) is 9.13. The molecule has 1 aromatic carbocycles. The van der Waals surface area contributed by atoms with Gasteiger partial charge in [0, 0.05) is 0 Å². The van der Waals surface area contributed by atoms with Crippen LogP contribution in [0.4, 0.5) is 0 Å². The van der Waals surface area contributed by atoms with Gasteiger partial charge < -0.3 is 4.52 Å². The summed E-state index contributed by atoms with van der Waals surface area (Å²) in [5, 5.41) is 0. The van der Waals surface area contributed by atoms with Crippen molar-refractivity contribution in [3.63, 3.8) is 0 Å². The number of hydrogen-bond donors (Lipinski definition) is 1. The second-order valence-electron chi connectivity index (χ2n) is 4.47. The average Bonchev–Trinajstić information content (AvgIpc) is 2.38. The number of unbranched alkanes of at least 4 members (excludes halogenated alkanes) is 5. The smallest absolute Gasteiger partial charge is 0.404 e. The van der Waals surface area contributed by atoms with Gasteiger partial charge in [0.25, 0.3) is 0 Å². The molecule has 1 unspecified atom stereocenters. The average molecular weight is 286 g/mol. The second-order valence-corrected chi connectivity index (χ2v) is 5.85. The zero-order valence-corrected chi connectivity index (χ0v) is 12.4. The number of para-hydroxylation sites is 1. The molecule has 0 spiro atoms. The Balaban J connectivity index is 2.15. The fraction of sp³-hybridized carbons (Fsp3) is 0.571. The summed E-state index contributed by atoms with van der Waals surface area (Å²) in [5.41, 5.74) is 0. The van der Waals surface area contributed by atoms with Crippen LogP contribution in [0.15, 0.2) is 30.3 Å². The SMILES string of the molecule is CCCCCCCCOP(=O)(O)Oc1ccccc1. The lowest BCUT2D eigenvalue weighted by atomic mass is 10.1. The summed E-state index contributed by atoms with van der Waals surface area (Å²) in [7, 11) is -3.98. The lowest BCUT2D eigenvalue weighted by molar-refractivity contribution is 0.199. The maximum absolute atomic E-state index is 11.6. The highest BCUT2D eigenvalue weighted by molar-refractivity contribution is 7.47. The van der Waals surface area contributed by atoms with E-state index in [-0.39, 0.29) is 6.61 Å². The van der Waals surface area contributed by atoms with Crippen LogP contribution in [0.25, 0.3) is 0 Å². The van der Waals surface area contributed by atoms with Crippen LogP contribution in [0.1, 0.15) is 45.4 Å². The third-order valence-corrected chi connectivity index (χ3v) is 3.67. The molecule has 5 heteroatoms. The van der Waals surface area contributed by atoms with Gasteiger partial charge >= 0.3 is 7.82 Å². The molecule has 4 nitrogen and oxygen atoms in total. The van der Waals surface area contributed by atoms with Crippen molar-refractivity contribution in [1.82, 2.24) is 0 Å². The Kier molecular flexibility index (Phi) is 7.80. The van der Waals surface area contributed by atoms with Crippen LogP contribution < -0.4 is 4.52 Å². The van der Waals surface area contributed by atoms with E-state index in [2.05, 4.69) is 6.92 Å². The van der Waals surface area contributed by atoms with Crippen molar-refractivity contribution in [3.8, 4) is 5.75 Å². The zero-order chi connectivity index (χ0) is 14.0. The van der Waals surface area contributed by atoms with E-state index in [1.807, 2.05) is 6.07 Å². The Morgan fingerprint density at radius 1 is 1.05 bits per heavy atom. The first-order valence-electron chi connectivity index (χ1n) is 6.86. The minimum Gasteiger partial charge on any atom is -0.404 e. The van der Waals surface area contributed by atoms with E-state index < -0.39 is 7.82 Å². The van der Waals surface area contributed by atoms with Gasteiger partial charge in [0.1, 0.15) is 5.75 Å². The Hall–Kier alpha value is -0.830. The van der Waals surface area contributed by atoms with Gasteiger partial charge in [-0.2, -0.15) is 0 Å². The first kappa shape index (κ1) is 16.2. The molecule has 1 aromatic rings. The highest BCUT2D eigenvalue weighted by atomic mass is 31.2. The monoisotopic (exact) mass is 286 g/mol. The van der Waals surface area contributed by atoms with Gasteiger partial charge in [-0.1, -0.05) is 57.2 Å². The molecule has 0 bridgehead atoms. The largest absolute Gasteiger partial charge is 0.527 e. The van der Waals surface area contributed by atoms with Gasteiger partial charge in [0.15, 0.2) is 0 Å². The summed E-state index contributed by atoms with van der Waals surface area (Å²) < 4.78 is 21.5. The van der Waals surface area contributed by atoms with Crippen LogP contribution in [-0.4, -0.2) is 11.5 Å². The number of phosphoric ester groups is 1. The molecular formula is C14H23O4P. The molecule has 108 valence electrons. The quantitative estimate of drug-likeness (QED) is 0.506. The van der Waals surface area contributed by atoms with Gasteiger partial charge in [-0.05, 0) is 18.6 Å². The standard InChI is InChI=1S/C14H23O4P/c1-2-3-4-5-6-10-13-17-19(15,16)18-14-11-8-7-9-12-14/h7-9,11-12H,2-6,10,13H2,1H3,(H,15,16). The molecule has 0 saturated carbocycles. The molecule has 1 atom stereocenters. The summed E-state index contributed by atoms with van der Waals surface area (Å²) in [4.78, 5) is 9.52. The van der Waals surface area contributed by atoms with Crippen LogP contribution in [0.5, 0.6) is 5.75 Å². The molecule has 0 amide bonds. The van der Waals surface area contributed by atoms with E-state index in [0.717, 1.165) is 19.3 Å². The van der Waals surface area contributed by atoms with Crippen LogP contribution in [0.2, 0.25) is 0 Å². The molecule has 0 aliphatic heterocycles. The maximum atomic E-state index is 11.6. The van der Waals surface area contributed by atoms with E-state index in [1.165, 1.54) is 19.3 Å². The van der Waals surface area contributed by atoms with Gasteiger partial charge in [0.2, 0.25) is 0 Å². The Labute approximate surface area is 115 Å². The molecule has 19 heavy (non-hydrogen) atoms. The van der Waals surface area contributed by atoms with Crippen LogP contribution in [-0.2, 0) is 9.09 Å². The first-order chi connectivity index (χ1) is 9.14. The highest BCUT2D eigenvalue weighted by Crippen LogP contribution is 2.43.